The fourth-order valence-corrected chi connectivity index (χ4v) is 2.07. The highest BCUT2D eigenvalue weighted by Crippen LogP contribution is 2.19. The first kappa shape index (κ1) is 9.63. The molecule has 0 unspecified atom stereocenters. The Morgan fingerprint density at radius 2 is 2.58 bits per heavy atom. The number of carbonyl (C=O) groups is 1. The molecule has 0 aliphatic heterocycles. The Morgan fingerprint density at radius 3 is 3.08 bits per heavy atom. The van der Waals surface area contributed by atoms with Gasteiger partial charge in [0.15, 0.2) is 3.92 Å². The predicted molar refractivity (Wildman–Crippen MR) is 50.5 cm³/mol. The summed E-state index contributed by atoms with van der Waals surface area (Å²) in [4.78, 5) is 15.8. The summed E-state index contributed by atoms with van der Waals surface area (Å²) >= 11 is 4.76. The highest BCUT2D eigenvalue weighted by Gasteiger charge is 2.02. The SMILES string of the molecule is NNC(=O)CCc1cnc(Br)s1. The van der Waals surface area contributed by atoms with E-state index in [9.17, 15) is 4.79 Å². The van der Waals surface area contributed by atoms with Gasteiger partial charge in [0.2, 0.25) is 5.91 Å². The van der Waals surface area contributed by atoms with Gasteiger partial charge in [-0.1, -0.05) is 0 Å². The van der Waals surface area contributed by atoms with Crippen molar-refractivity contribution in [3.63, 3.8) is 0 Å². The zero-order chi connectivity index (χ0) is 8.97. The van der Waals surface area contributed by atoms with Gasteiger partial charge in [0, 0.05) is 17.5 Å². The second-order valence-electron chi connectivity index (χ2n) is 2.15. The molecule has 4 nitrogen and oxygen atoms in total. The Bertz CT molecular complexity index is 276. The Morgan fingerprint density at radius 1 is 1.83 bits per heavy atom. The lowest BCUT2D eigenvalue weighted by molar-refractivity contribution is -0.121. The number of aromatic nitrogens is 1. The molecule has 3 N–H and O–H groups in total. The summed E-state index contributed by atoms with van der Waals surface area (Å²) in [5.41, 5.74) is 2.08. The molecule has 12 heavy (non-hydrogen) atoms. The van der Waals surface area contributed by atoms with Gasteiger partial charge in [-0.15, -0.1) is 11.3 Å². The van der Waals surface area contributed by atoms with Gasteiger partial charge >= 0.3 is 0 Å². The summed E-state index contributed by atoms with van der Waals surface area (Å²) in [6.07, 6.45) is 2.84. The smallest absolute Gasteiger partial charge is 0.234 e. The number of hydrazine groups is 1. The molecule has 1 heterocycles. The Kier molecular flexibility index (Phi) is 3.64. The molecule has 0 spiro atoms. The minimum absolute atomic E-state index is 0.153. The van der Waals surface area contributed by atoms with E-state index in [0.29, 0.717) is 12.8 Å². The topological polar surface area (TPSA) is 68.0 Å². The molecule has 0 bridgehead atoms. The maximum Gasteiger partial charge on any atom is 0.234 e. The van der Waals surface area contributed by atoms with E-state index in [2.05, 4.69) is 26.3 Å². The highest BCUT2D eigenvalue weighted by molar-refractivity contribution is 9.11. The van der Waals surface area contributed by atoms with Crippen LogP contribution < -0.4 is 11.3 Å². The summed E-state index contributed by atoms with van der Waals surface area (Å²) in [5.74, 6) is 4.77. The fourth-order valence-electron chi connectivity index (χ4n) is 0.708. The van der Waals surface area contributed by atoms with Gasteiger partial charge in [-0.25, -0.2) is 10.8 Å². The van der Waals surface area contributed by atoms with Crippen molar-refractivity contribution < 1.29 is 4.79 Å². The van der Waals surface area contributed by atoms with E-state index in [0.717, 1.165) is 8.79 Å². The van der Waals surface area contributed by atoms with Gasteiger partial charge in [-0.2, -0.15) is 0 Å². The summed E-state index contributed by atoms with van der Waals surface area (Å²) in [7, 11) is 0. The number of nitrogens with two attached hydrogens (primary N) is 1. The van der Waals surface area contributed by atoms with E-state index in [4.69, 9.17) is 5.84 Å². The van der Waals surface area contributed by atoms with Crippen LogP contribution in [0.15, 0.2) is 10.1 Å². The van der Waals surface area contributed by atoms with Crippen LogP contribution in [0.5, 0.6) is 0 Å². The van der Waals surface area contributed by atoms with Crippen LogP contribution in [0, 0.1) is 0 Å². The Balaban J connectivity index is 2.38. The van der Waals surface area contributed by atoms with Crippen LogP contribution in [0.3, 0.4) is 0 Å². The van der Waals surface area contributed by atoms with Gasteiger partial charge in [0.1, 0.15) is 0 Å². The number of rotatable bonds is 3. The number of aryl methyl sites for hydroxylation is 1. The molecule has 1 aromatic heterocycles. The van der Waals surface area contributed by atoms with Crippen LogP contribution in [-0.4, -0.2) is 10.9 Å². The molecule has 66 valence electrons. The number of hydrogen-bond acceptors (Lipinski definition) is 4. The van der Waals surface area contributed by atoms with Crippen molar-refractivity contribution in [1.29, 1.82) is 0 Å². The molecular formula is C6H8BrN3OS. The van der Waals surface area contributed by atoms with E-state index >= 15 is 0 Å². The van der Waals surface area contributed by atoms with Gasteiger partial charge < -0.3 is 0 Å². The van der Waals surface area contributed by atoms with E-state index in [1.807, 2.05) is 0 Å². The molecule has 0 atom stereocenters. The highest BCUT2D eigenvalue weighted by atomic mass is 79.9. The molecule has 0 saturated carbocycles. The quantitative estimate of drug-likeness (QED) is 0.474. The fraction of sp³-hybridized carbons (Fsp3) is 0.333. The monoisotopic (exact) mass is 249 g/mol. The molecule has 0 aromatic carbocycles. The second kappa shape index (κ2) is 4.54. The lowest BCUT2D eigenvalue weighted by Gasteiger charge is -1.95. The molecule has 1 amide bonds. The molecule has 1 aromatic rings. The lowest BCUT2D eigenvalue weighted by Crippen LogP contribution is -2.30. The van der Waals surface area contributed by atoms with Crippen LogP contribution in [0.4, 0.5) is 0 Å². The average molecular weight is 250 g/mol. The van der Waals surface area contributed by atoms with Crippen LogP contribution in [0.25, 0.3) is 0 Å². The zero-order valence-corrected chi connectivity index (χ0v) is 8.61. The number of thiazole rings is 1. The summed E-state index contributed by atoms with van der Waals surface area (Å²) in [6, 6.07) is 0. The summed E-state index contributed by atoms with van der Waals surface area (Å²) < 4.78 is 0.839. The van der Waals surface area contributed by atoms with Crippen molar-refractivity contribution in [1.82, 2.24) is 10.4 Å². The lowest BCUT2D eigenvalue weighted by atomic mass is 10.3. The minimum atomic E-state index is -0.153. The molecule has 0 aliphatic carbocycles. The third kappa shape index (κ3) is 2.88. The first-order valence-corrected chi connectivity index (χ1v) is 4.93. The van der Waals surface area contributed by atoms with Crippen molar-refractivity contribution in [2.75, 3.05) is 0 Å². The Labute approximate surface area is 82.3 Å². The molecule has 0 radical (unpaired) electrons. The largest absolute Gasteiger partial charge is 0.294 e. The molecule has 0 fully saturated rings. The number of carbonyl (C=O) groups excluding carboxylic acids is 1. The van der Waals surface area contributed by atoms with Crippen LogP contribution in [0.1, 0.15) is 11.3 Å². The van der Waals surface area contributed by atoms with E-state index in [-0.39, 0.29) is 5.91 Å². The van der Waals surface area contributed by atoms with Gasteiger partial charge in [0.05, 0.1) is 0 Å². The summed E-state index contributed by atoms with van der Waals surface area (Å²) in [5, 5.41) is 0. The number of nitrogens with zero attached hydrogens (tertiary/aromatic N) is 1. The predicted octanol–water partition coefficient (Wildman–Crippen LogP) is 0.828. The van der Waals surface area contributed by atoms with Crippen molar-refractivity contribution in [2.24, 2.45) is 5.84 Å². The van der Waals surface area contributed by atoms with Crippen LogP contribution in [0.2, 0.25) is 0 Å². The standard InChI is InChI=1S/C6H8BrN3OS/c7-6-9-3-4(12-6)1-2-5(11)10-8/h3H,1-2,8H2,(H,10,11). The van der Waals surface area contributed by atoms with Crippen molar-refractivity contribution in [3.05, 3.63) is 15.0 Å². The van der Waals surface area contributed by atoms with Gasteiger partial charge in [-0.05, 0) is 22.4 Å². The second-order valence-corrected chi connectivity index (χ2v) is 4.54. The van der Waals surface area contributed by atoms with Gasteiger partial charge in [0.25, 0.3) is 0 Å². The maximum atomic E-state index is 10.7. The number of nitrogens with one attached hydrogen (secondary N) is 1. The molecule has 0 aliphatic rings. The molecular weight excluding hydrogens is 242 g/mol. The van der Waals surface area contributed by atoms with E-state index in [1.54, 1.807) is 6.20 Å². The van der Waals surface area contributed by atoms with Crippen molar-refractivity contribution in [2.45, 2.75) is 12.8 Å². The first-order chi connectivity index (χ1) is 5.72. The average Bonchev–Trinajstić information content (AvgIpc) is 2.47. The zero-order valence-electron chi connectivity index (χ0n) is 6.21. The Hall–Kier alpha value is -0.460. The van der Waals surface area contributed by atoms with E-state index in [1.165, 1.54) is 11.3 Å². The number of halogens is 1. The minimum Gasteiger partial charge on any atom is -0.294 e. The van der Waals surface area contributed by atoms with Gasteiger partial charge in [-0.3, -0.25) is 10.2 Å². The van der Waals surface area contributed by atoms with Crippen molar-refractivity contribution >= 4 is 33.2 Å². The molecule has 1 rings (SSSR count). The number of amides is 1. The van der Waals surface area contributed by atoms with Crippen molar-refractivity contribution in [3.8, 4) is 0 Å². The number of hydrogen-bond donors (Lipinski definition) is 2. The molecule has 6 heteroatoms. The normalized spacial score (nSPS) is 9.83. The van der Waals surface area contributed by atoms with Crippen LogP contribution in [-0.2, 0) is 11.2 Å². The van der Waals surface area contributed by atoms with E-state index < -0.39 is 0 Å². The summed E-state index contributed by atoms with van der Waals surface area (Å²) in [6.45, 7) is 0. The van der Waals surface area contributed by atoms with Crippen LogP contribution >= 0.6 is 27.3 Å². The third-order valence-corrected chi connectivity index (χ3v) is 2.82. The first-order valence-electron chi connectivity index (χ1n) is 3.32. The maximum absolute atomic E-state index is 10.7. The molecule has 0 saturated heterocycles. The third-order valence-electron chi connectivity index (χ3n) is 1.28.